The SMILES string of the molecule is CCCn1c(N2CCCOc3ccccc32)n[nH]c1=S. The molecule has 20 heavy (non-hydrogen) atoms. The minimum absolute atomic E-state index is 0.671. The highest BCUT2D eigenvalue weighted by molar-refractivity contribution is 7.71. The standard InChI is InChI=1S/C14H18N4OS/c1-2-8-18-13(15-16-14(18)20)17-9-5-10-19-12-7-4-3-6-11(12)17/h3-4,6-7H,2,5,8-10H2,1H3,(H,16,20). The Morgan fingerprint density at radius 2 is 2.25 bits per heavy atom. The molecule has 1 N–H and O–H groups in total. The van der Waals surface area contributed by atoms with Crippen LogP contribution in [0.2, 0.25) is 0 Å². The fourth-order valence-corrected chi connectivity index (χ4v) is 2.69. The highest BCUT2D eigenvalue weighted by Crippen LogP contribution is 2.34. The zero-order valence-corrected chi connectivity index (χ0v) is 12.3. The van der Waals surface area contributed by atoms with Crippen LogP contribution in [0.15, 0.2) is 24.3 Å². The Hall–Kier alpha value is -1.82. The molecule has 0 radical (unpaired) electrons. The molecule has 2 aromatic rings. The van der Waals surface area contributed by atoms with E-state index in [1.165, 1.54) is 0 Å². The molecule has 1 aromatic heterocycles. The first kappa shape index (κ1) is 13.2. The Labute approximate surface area is 123 Å². The zero-order valence-electron chi connectivity index (χ0n) is 11.5. The summed E-state index contributed by atoms with van der Waals surface area (Å²) in [4.78, 5) is 2.18. The number of H-pyrrole nitrogens is 1. The van der Waals surface area contributed by atoms with E-state index in [4.69, 9.17) is 17.0 Å². The Kier molecular flexibility index (Phi) is 3.73. The summed E-state index contributed by atoms with van der Waals surface area (Å²) in [5.74, 6) is 1.77. The highest BCUT2D eigenvalue weighted by Gasteiger charge is 2.21. The zero-order chi connectivity index (χ0) is 13.9. The topological polar surface area (TPSA) is 46.1 Å². The molecule has 0 aliphatic carbocycles. The van der Waals surface area contributed by atoms with Gasteiger partial charge in [-0.2, -0.15) is 0 Å². The summed E-state index contributed by atoms with van der Waals surface area (Å²) in [6.07, 6.45) is 1.98. The van der Waals surface area contributed by atoms with Crippen LogP contribution in [0.5, 0.6) is 5.75 Å². The van der Waals surface area contributed by atoms with Gasteiger partial charge in [-0.25, -0.2) is 5.10 Å². The van der Waals surface area contributed by atoms with Crippen LogP contribution in [0.3, 0.4) is 0 Å². The van der Waals surface area contributed by atoms with Gasteiger partial charge in [-0.05, 0) is 37.2 Å². The second-order valence-corrected chi connectivity index (χ2v) is 5.19. The number of rotatable bonds is 3. The third kappa shape index (κ3) is 2.31. The molecule has 0 fully saturated rings. The first-order valence-electron chi connectivity index (χ1n) is 6.96. The Bertz CT molecular complexity index is 649. The van der Waals surface area contributed by atoms with Crippen LogP contribution in [0, 0.1) is 4.77 Å². The van der Waals surface area contributed by atoms with Crippen molar-refractivity contribution in [3.05, 3.63) is 29.0 Å². The molecule has 106 valence electrons. The molecule has 0 spiro atoms. The molecule has 0 saturated carbocycles. The van der Waals surface area contributed by atoms with Gasteiger partial charge in [-0.3, -0.25) is 4.57 Å². The molecule has 0 saturated heterocycles. The van der Waals surface area contributed by atoms with Crippen LogP contribution >= 0.6 is 12.2 Å². The van der Waals surface area contributed by atoms with Crippen LogP contribution in [0.4, 0.5) is 11.6 Å². The van der Waals surface area contributed by atoms with Crippen molar-refractivity contribution in [2.45, 2.75) is 26.3 Å². The van der Waals surface area contributed by atoms with Gasteiger partial charge in [0.25, 0.3) is 0 Å². The van der Waals surface area contributed by atoms with Crippen LogP contribution in [0.25, 0.3) is 0 Å². The molecule has 0 bridgehead atoms. The summed E-state index contributed by atoms with van der Waals surface area (Å²) < 4.78 is 8.52. The first-order chi connectivity index (χ1) is 9.81. The fourth-order valence-electron chi connectivity index (χ4n) is 2.48. The smallest absolute Gasteiger partial charge is 0.230 e. The van der Waals surface area contributed by atoms with Crippen LogP contribution in [0.1, 0.15) is 19.8 Å². The maximum absolute atomic E-state index is 5.79. The average Bonchev–Trinajstić information content (AvgIpc) is 2.71. The molecule has 1 aromatic carbocycles. The van der Waals surface area contributed by atoms with Crippen LogP contribution in [-0.2, 0) is 6.54 Å². The van der Waals surface area contributed by atoms with Gasteiger partial charge in [0.15, 0.2) is 4.77 Å². The summed E-state index contributed by atoms with van der Waals surface area (Å²) >= 11 is 5.33. The van der Waals surface area contributed by atoms with E-state index in [1.54, 1.807) is 0 Å². The number of fused-ring (bicyclic) bond motifs is 1. The first-order valence-corrected chi connectivity index (χ1v) is 7.36. The van der Waals surface area contributed by atoms with Gasteiger partial charge in [-0.15, -0.1) is 5.10 Å². The number of hydrogen-bond acceptors (Lipinski definition) is 4. The molecule has 0 atom stereocenters. The van der Waals surface area contributed by atoms with Gasteiger partial charge < -0.3 is 9.64 Å². The Morgan fingerprint density at radius 3 is 3.10 bits per heavy atom. The summed E-state index contributed by atoms with van der Waals surface area (Å²) in [5.41, 5.74) is 1.05. The lowest BCUT2D eigenvalue weighted by atomic mass is 10.2. The molecule has 5 nitrogen and oxygen atoms in total. The van der Waals surface area contributed by atoms with E-state index >= 15 is 0 Å². The lowest BCUT2D eigenvalue weighted by Crippen LogP contribution is -2.22. The third-order valence-corrected chi connectivity index (χ3v) is 3.68. The number of aromatic amines is 1. The van der Waals surface area contributed by atoms with Gasteiger partial charge in [0.05, 0.1) is 12.3 Å². The van der Waals surface area contributed by atoms with Crippen molar-refractivity contribution < 1.29 is 4.74 Å². The number of benzene rings is 1. The predicted octanol–water partition coefficient (Wildman–Crippen LogP) is 3.27. The van der Waals surface area contributed by atoms with E-state index in [-0.39, 0.29) is 0 Å². The summed E-state index contributed by atoms with van der Waals surface area (Å²) in [6.45, 7) is 4.61. The Morgan fingerprint density at radius 1 is 1.40 bits per heavy atom. The van der Waals surface area contributed by atoms with Crippen molar-refractivity contribution in [3.8, 4) is 5.75 Å². The van der Waals surface area contributed by atoms with Crippen molar-refractivity contribution in [2.75, 3.05) is 18.1 Å². The number of ether oxygens (including phenoxy) is 1. The number of aromatic nitrogens is 3. The minimum atomic E-state index is 0.671. The molecule has 2 heterocycles. The van der Waals surface area contributed by atoms with Crippen molar-refractivity contribution in [2.24, 2.45) is 0 Å². The number of nitrogens with one attached hydrogen (secondary N) is 1. The molecule has 3 rings (SSSR count). The molecule has 1 aliphatic rings. The largest absolute Gasteiger partial charge is 0.491 e. The van der Waals surface area contributed by atoms with E-state index < -0.39 is 0 Å². The number of para-hydroxylation sites is 2. The third-order valence-electron chi connectivity index (χ3n) is 3.37. The molecule has 6 heteroatoms. The number of hydrogen-bond donors (Lipinski definition) is 1. The lowest BCUT2D eigenvalue weighted by molar-refractivity contribution is 0.322. The summed E-state index contributed by atoms with van der Waals surface area (Å²) in [6, 6.07) is 8.07. The fraction of sp³-hybridized carbons (Fsp3) is 0.429. The predicted molar refractivity (Wildman–Crippen MR) is 81.3 cm³/mol. The van der Waals surface area contributed by atoms with Crippen molar-refractivity contribution >= 4 is 23.9 Å². The summed E-state index contributed by atoms with van der Waals surface area (Å²) in [5, 5.41) is 7.32. The maximum atomic E-state index is 5.79. The number of nitrogens with zero attached hydrogens (tertiary/aromatic N) is 3. The lowest BCUT2D eigenvalue weighted by Gasteiger charge is -2.22. The highest BCUT2D eigenvalue weighted by atomic mass is 32.1. The molecule has 0 unspecified atom stereocenters. The van der Waals surface area contributed by atoms with E-state index in [0.29, 0.717) is 4.77 Å². The van der Waals surface area contributed by atoms with E-state index in [9.17, 15) is 0 Å². The maximum Gasteiger partial charge on any atom is 0.230 e. The van der Waals surface area contributed by atoms with Gasteiger partial charge in [0.2, 0.25) is 5.95 Å². The quantitative estimate of drug-likeness (QED) is 0.881. The monoisotopic (exact) mass is 290 g/mol. The normalized spacial score (nSPS) is 14.6. The second kappa shape index (κ2) is 5.66. The molecular weight excluding hydrogens is 272 g/mol. The molecular formula is C14H18N4OS. The average molecular weight is 290 g/mol. The van der Waals surface area contributed by atoms with E-state index in [2.05, 4.69) is 32.7 Å². The second-order valence-electron chi connectivity index (χ2n) is 4.80. The Balaban J connectivity index is 2.08. The van der Waals surface area contributed by atoms with Gasteiger partial charge in [-0.1, -0.05) is 19.1 Å². The van der Waals surface area contributed by atoms with Crippen molar-refractivity contribution in [3.63, 3.8) is 0 Å². The van der Waals surface area contributed by atoms with Crippen LogP contribution in [-0.4, -0.2) is 27.9 Å². The van der Waals surface area contributed by atoms with Gasteiger partial charge in [0.1, 0.15) is 5.75 Å². The van der Waals surface area contributed by atoms with E-state index in [0.717, 1.165) is 49.9 Å². The van der Waals surface area contributed by atoms with E-state index in [1.807, 2.05) is 18.2 Å². The van der Waals surface area contributed by atoms with Crippen molar-refractivity contribution in [1.82, 2.24) is 14.8 Å². The summed E-state index contributed by atoms with van der Waals surface area (Å²) in [7, 11) is 0. The number of anilines is 2. The minimum Gasteiger partial charge on any atom is -0.491 e. The van der Waals surface area contributed by atoms with Crippen LogP contribution < -0.4 is 9.64 Å². The van der Waals surface area contributed by atoms with Gasteiger partial charge >= 0.3 is 0 Å². The molecule has 0 amide bonds. The van der Waals surface area contributed by atoms with Crippen molar-refractivity contribution in [1.29, 1.82) is 0 Å². The molecule has 1 aliphatic heterocycles. The van der Waals surface area contributed by atoms with Gasteiger partial charge in [0, 0.05) is 13.1 Å².